The second-order valence-corrected chi connectivity index (χ2v) is 7.06. The lowest BCUT2D eigenvalue weighted by Gasteiger charge is -2.44. The molecule has 1 N–H and O–H groups in total. The summed E-state index contributed by atoms with van der Waals surface area (Å²) in [6.45, 7) is 7.10. The summed E-state index contributed by atoms with van der Waals surface area (Å²) in [5.74, 6) is 1.30. The summed E-state index contributed by atoms with van der Waals surface area (Å²) >= 11 is 0. The molecule has 5 nitrogen and oxygen atoms in total. The highest BCUT2D eigenvalue weighted by atomic mass is 16.6. The fraction of sp³-hybridized carbons (Fsp3) is 0.611. The minimum atomic E-state index is -0.514. The maximum absolute atomic E-state index is 12.3. The number of ether oxygens (including phenoxy) is 2. The Labute approximate surface area is 137 Å². The fourth-order valence-electron chi connectivity index (χ4n) is 3.55. The van der Waals surface area contributed by atoms with E-state index < -0.39 is 5.54 Å². The van der Waals surface area contributed by atoms with Gasteiger partial charge in [0.15, 0.2) is 0 Å². The first kappa shape index (κ1) is 16.1. The van der Waals surface area contributed by atoms with Gasteiger partial charge in [0, 0.05) is 6.54 Å². The third-order valence-corrected chi connectivity index (χ3v) is 5.06. The number of methoxy groups -OCH3 is 1. The van der Waals surface area contributed by atoms with Crippen molar-refractivity contribution < 1.29 is 14.3 Å². The molecule has 3 fully saturated rings. The minimum absolute atomic E-state index is 0.0265. The number of carbonyl (C=O) groups is 1. The number of rotatable bonds is 4. The number of hydrogen-bond acceptors (Lipinski definition) is 4. The van der Waals surface area contributed by atoms with Crippen LogP contribution in [-0.2, 0) is 10.3 Å². The van der Waals surface area contributed by atoms with Gasteiger partial charge >= 0.3 is 6.09 Å². The van der Waals surface area contributed by atoms with Gasteiger partial charge in [-0.15, -0.1) is 0 Å². The Hall–Kier alpha value is -1.75. The Kier molecular flexibility index (Phi) is 4.48. The van der Waals surface area contributed by atoms with Crippen LogP contribution in [0.3, 0.4) is 0 Å². The number of benzene rings is 1. The molecule has 1 aromatic carbocycles. The zero-order valence-corrected chi connectivity index (χ0v) is 14.2. The van der Waals surface area contributed by atoms with Crippen LogP contribution in [0, 0.1) is 5.92 Å². The SMILES string of the molecule is COc1cccc(C(C)(C)NC(=O)OC2CN3CCC2CC3)c1. The molecule has 1 atom stereocenters. The highest BCUT2D eigenvalue weighted by Crippen LogP contribution is 2.30. The van der Waals surface area contributed by atoms with Gasteiger partial charge in [0.25, 0.3) is 0 Å². The van der Waals surface area contributed by atoms with Gasteiger partial charge in [0.1, 0.15) is 11.9 Å². The molecule has 0 radical (unpaired) electrons. The third kappa shape index (κ3) is 3.61. The average molecular weight is 318 g/mol. The van der Waals surface area contributed by atoms with E-state index in [4.69, 9.17) is 9.47 Å². The summed E-state index contributed by atoms with van der Waals surface area (Å²) in [5, 5.41) is 3.00. The lowest BCUT2D eigenvalue weighted by molar-refractivity contribution is -0.0349. The van der Waals surface area contributed by atoms with Crippen LogP contribution in [0.5, 0.6) is 5.75 Å². The summed E-state index contributed by atoms with van der Waals surface area (Å²) in [4.78, 5) is 14.7. The molecule has 3 aliphatic rings. The van der Waals surface area contributed by atoms with Crippen LogP contribution in [0.25, 0.3) is 0 Å². The van der Waals surface area contributed by atoms with Gasteiger partial charge in [0.2, 0.25) is 0 Å². The molecule has 1 unspecified atom stereocenters. The first-order chi connectivity index (χ1) is 11.0. The van der Waals surface area contributed by atoms with E-state index >= 15 is 0 Å². The van der Waals surface area contributed by atoms with Crippen molar-refractivity contribution in [3.8, 4) is 5.75 Å². The molecule has 3 aliphatic heterocycles. The molecule has 1 aromatic rings. The van der Waals surface area contributed by atoms with Crippen molar-refractivity contribution >= 4 is 6.09 Å². The Bertz CT molecular complexity index is 565. The summed E-state index contributed by atoms with van der Waals surface area (Å²) in [7, 11) is 1.64. The summed E-state index contributed by atoms with van der Waals surface area (Å²) < 4.78 is 11.0. The first-order valence-corrected chi connectivity index (χ1v) is 8.33. The van der Waals surface area contributed by atoms with Crippen LogP contribution in [0.4, 0.5) is 4.79 Å². The van der Waals surface area contributed by atoms with Crippen molar-refractivity contribution in [1.82, 2.24) is 10.2 Å². The van der Waals surface area contributed by atoms with Crippen molar-refractivity contribution in [1.29, 1.82) is 0 Å². The molecule has 1 amide bonds. The number of amides is 1. The van der Waals surface area contributed by atoms with E-state index in [1.165, 1.54) is 0 Å². The van der Waals surface area contributed by atoms with Gasteiger partial charge in [-0.3, -0.25) is 4.90 Å². The summed E-state index contributed by atoms with van der Waals surface area (Å²) in [5.41, 5.74) is 0.474. The van der Waals surface area contributed by atoms with E-state index in [1.807, 2.05) is 38.1 Å². The number of hydrogen-bond donors (Lipinski definition) is 1. The van der Waals surface area contributed by atoms with Crippen LogP contribution in [0.2, 0.25) is 0 Å². The first-order valence-electron chi connectivity index (χ1n) is 8.33. The molecule has 0 saturated carbocycles. The highest BCUT2D eigenvalue weighted by Gasteiger charge is 2.37. The van der Waals surface area contributed by atoms with Crippen molar-refractivity contribution in [3.05, 3.63) is 29.8 Å². The van der Waals surface area contributed by atoms with Crippen molar-refractivity contribution in [2.24, 2.45) is 5.92 Å². The molecule has 23 heavy (non-hydrogen) atoms. The standard InChI is InChI=1S/C18H26N2O3/c1-18(2,14-5-4-6-15(11-14)22-3)19-17(21)23-16-12-20-9-7-13(16)8-10-20/h4-6,11,13,16H,7-10,12H2,1-3H3,(H,19,21). The smallest absolute Gasteiger partial charge is 0.408 e. The second-order valence-electron chi connectivity index (χ2n) is 7.06. The lowest BCUT2D eigenvalue weighted by atomic mass is 9.86. The Balaban J connectivity index is 1.62. The predicted molar refractivity (Wildman–Crippen MR) is 88.6 cm³/mol. The molecule has 0 spiro atoms. The fourth-order valence-corrected chi connectivity index (χ4v) is 3.55. The number of piperidine rings is 3. The molecule has 3 saturated heterocycles. The van der Waals surface area contributed by atoms with E-state index in [0.717, 1.165) is 43.8 Å². The molecular formula is C18H26N2O3. The second kappa shape index (κ2) is 6.40. The molecule has 126 valence electrons. The molecule has 4 rings (SSSR count). The molecule has 5 heteroatoms. The van der Waals surface area contributed by atoms with Crippen molar-refractivity contribution in [2.45, 2.75) is 38.3 Å². The number of fused-ring (bicyclic) bond motifs is 3. The van der Waals surface area contributed by atoms with Gasteiger partial charge in [0.05, 0.1) is 12.6 Å². The Morgan fingerprint density at radius 2 is 2.04 bits per heavy atom. The minimum Gasteiger partial charge on any atom is -0.497 e. The molecule has 0 aliphatic carbocycles. The largest absolute Gasteiger partial charge is 0.497 e. The van der Waals surface area contributed by atoms with Crippen LogP contribution < -0.4 is 10.1 Å². The van der Waals surface area contributed by atoms with Crippen molar-refractivity contribution in [2.75, 3.05) is 26.7 Å². The Morgan fingerprint density at radius 3 is 2.65 bits per heavy atom. The van der Waals surface area contributed by atoms with Crippen molar-refractivity contribution in [3.63, 3.8) is 0 Å². The van der Waals surface area contributed by atoms with Crippen LogP contribution in [0.1, 0.15) is 32.3 Å². The number of alkyl carbamates (subject to hydrolysis) is 1. The number of nitrogens with one attached hydrogen (secondary N) is 1. The van der Waals surface area contributed by atoms with Crippen LogP contribution in [0.15, 0.2) is 24.3 Å². The van der Waals surface area contributed by atoms with E-state index in [1.54, 1.807) is 7.11 Å². The molecule has 3 heterocycles. The van der Waals surface area contributed by atoms with E-state index in [0.29, 0.717) is 5.92 Å². The van der Waals surface area contributed by atoms with Crippen LogP contribution >= 0.6 is 0 Å². The zero-order chi connectivity index (χ0) is 16.4. The average Bonchev–Trinajstić information content (AvgIpc) is 2.55. The lowest BCUT2D eigenvalue weighted by Crippen LogP contribution is -2.53. The number of nitrogens with zero attached hydrogens (tertiary/aromatic N) is 1. The summed E-state index contributed by atoms with van der Waals surface area (Å²) in [6, 6.07) is 7.74. The molecule has 0 aromatic heterocycles. The molecule has 2 bridgehead atoms. The Morgan fingerprint density at radius 1 is 1.30 bits per heavy atom. The molecular weight excluding hydrogens is 292 g/mol. The monoisotopic (exact) mass is 318 g/mol. The van der Waals surface area contributed by atoms with E-state index in [2.05, 4.69) is 10.2 Å². The normalized spacial score (nSPS) is 26.7. The van der Waals surface area contributed by atoms with E-state index in [-0.39, 0.29) is 12.2 Å². The third-order valence-electron chi connectivity index (χ3n) is 5.06. The van der Waals surface area contributed by atoms with Gasteiger partial charge < -0.3 is 14.8 Å². The van der Waals surface area contributed by atoms with E-state index in [9.17, 15) is 4.79 Å². The predicted octanol–water partition coefficient (Wildman–Crippen LogP) is 2.75. The number of carbonyl (C=O) groups excluding carboxylic acids is 1. The maximum Gasteiger partial charge on any atom is 0.408 e. The highest BCUT2D eigenvalue weighted by molar-refractivity contribution is 5.69. The van der Waals surface area contributed by atoms with Gasteiger partial charge in [-0.2, -0.15) is 0 Å². The summed E-state index contributed by atoms with van der Waals surface area (Å²) in [6.07, 6.45) is 1.96. The van der Waals surface area contributed by atoms with Crippen LogP contribution in [-0.4, -0.2) is 43.8 Å². The quantitative estimate of drug-likeness (QED) is 0.927. The maximum atomic E-state index is 12.3. The van der Waals surface area contributed by atoms with Gasteiger partial charge in [-0.1, -0.05) is 12.1 Å². The topological polar surface area (TPSA) is 50.8 Å². The van der Waals surface area contributed by atoms with Gasteiger partial charge in [-0.25, -0.2) is 4.79 Å². The van der Waals surface area contributed by atoms with Gasteiger partial charge in [-0.05, 0) is 63.4 Å². The zero-order valence-electron chi connectivity index (χ0n) is 14.2.